The summed E-state index contributed by atoms with van der Waals surface area (Å²) in [5.74, 6) is -0.00517. The zero-order valence-corrected chi connectivity index (χ0v) is 16.4. The number of carbonyl (C=O) groups is 2. The number of piperazine rings is 1. The Morgan fingerprint density at radius 3 is 2.17 bits per heavy atom. The van der Waals surface area contributed by atoms with Gasteiger partial charge in [0.25, 0.3) is 5.91 Å². The van der Waals surface area contributed by atoms with Gasteiger partial charge in [0, 0.05) is 37.9 Å². The maximum atomic E-state index is 12.8. The van der Waals surface area contributed by atoms with Gasteiger partial charge < -0.3 is 20.3 Å². The SMILES string of the molecule is COc1cc(N)ccc1C(=O)N1CCN(C(=O)Cc2ccc(C(F)(F)F)cc2)CC1. The van der Waals surface area contributed by atoms with Gasteiger partial charge in [-0.2, -0.15) is 13.2 Å². The Kier molecular flexibility index (Phi) is 6.19. The van der Waals surface area contributed by atoms with Crippen molar-refractivity contribution in [1.82, 2.24) is 9.80 Å². The number of nitrogens with two attached hydrogens (primary N) is 1. The third kappa shape index (κ3) is 4.84. The van der Waals surface area contributed by atoms with E-state index in [1.807, 2.05) is 0 Å². The normalized spacial score (nSPS) is 14.5. The van der Waals surface area contributed by atoms with Crippen LogP contribution in [0.2, 0.25) is 0 Å². The molecule has 0 spiro atoms. The molecule has 0 bridgehead atoms. The fourth-order valence-electron chi connectivity index (χ4n) is 3.31. The van der Waals surface area contributed by atoms with Crippen molar-refractivity contribution in [1.29, 1.82) is 0 Å². The molecule has 0 unspecified atom stereocenters. The minimum absolute atomic E-state index is 0.0118. The number of ether oxygens (including phenoxy) is 1. The average Bonchev–Trinajstić information content (AvgIpc) is 2.73. The Bertz CT molecular complexity index is 921. The number of anilines is 1. The van der Waals surface area contributed by atoms with Crippen LogP contribution in [0.25, 0.3) is 0 Å². The number of benzene rings is 2. The van der Waals surface area contributed by atoms with Crippen molar-refractivity contribution in [3.63, 3.8) is 0 Å². The molecule has 1 aliphatic heterocycles. The van der Waals surface area contributed by atoms with Gasteiger partial charge in [0.1, 0.15) is 5.75 Å². The van der Waals surface area contributed by atoms with Gasteiger partial charge in [-0.25, -0.2) is 0 Å². The molecule has 6 nitrogen and oxygen atoms in total. The Morgan fingerprint density at radius 1 is 1.00 bits per heavy atom. The first-order valence-electron chi connectivity index (χ1n) is 9.35. The highest BCUT2D eigenvalue weighted by molar-refractivity contribution is 5.97. The molecule has 2 aromatic rings. The first-order chi connectivity index (χ1) is 14.2. The van der Waals surface area contributed by atoms with Gasteiger partial charge in [-0.1, -0.05) is 12.1 Å². The van der Waals surface area contributed by atoms with Crippen LogP contribution in [0.3, 0.4) is 0 Å². The first-order valence-corrected chi connectivity index (χ1v) is 9.35. The summed E-state index contributed by atoms with van der Waals surface area (Å²) in [5, 5.41) is 0. The minimum Gasteiger partial charge on any atom is -0.496 e. The number of rotatable bonds is 4. The van der Waals surface area contributed by atoms with Gasteiger partial charge >= 0.3 is 6.18 Å². The molecule has 0 atom stereocenters. The Labute approximate surface area is 172 Å². The fraction of sp³-hybridized carbons (Fsp3) is 0.333. The number of nitrogen functional groups attached to an aromatic ring is 1. The number of hydrogen-bond donors (Lipinski definition) is 1. The van der Waals surface area contributed by atoms with Crippen molar-refractivity contribution in [2.45, 2.75) is 12.6 Å². The van der Waals surface area contributed by atoms with E-state index in [9.17, 15) is 22.8 Å². The van der Waals surface area contributed by atoms with Gasteiger partial charge in [-0.15, -0.1) is 0 Å². The van der Waals surface area contributed by atoms with Crippen molar-refractivity contribution < 1.29 is 27.5 Å². The summed E-state index contributed by atoms with van der Waals surface area (Å²) in [7, 11) is 1.46. The van der Waals surface area contributed by atoms with E-state index in [0.717, 1.165) is 12.1 Å². The summed E-state index contributed by atoms with van der Waals surface area (Å²) in [4.78, 5) is 28.5. The molecule has 3 rings (SSSR count). The van der Waals surface area contributed by atoms with E-state index < -0.39 is 11.7 Å². The number of alkyl halides is 3. The van der Waals surface area contributed by atoms with Gasteiger partial charge in [-0.3, -0.25) is 9.59 Å². The lowest BCUT2D eigenvalue weighted by Crippen LogP contribution is -2.51. The van der Waals surface area contributed by atoms with Crippen LogP contribution in [0.5, 0.6) is 5.75 Å². The molecule has 0 radical (unpaired) electrons. The number of hydrogen-bond acceptors (Lipinski definition) is 4. The summed E-state index contributed by atoms with van der Waals surface area (Å²) in [6, 6.07) is 9.38. The standard InChI is InChI=1S/C21H22F3N3O3/c1-30-18-13-16(25)6-7-17(18)20(29)27-10-8-26(9-11-27)19(28)12-14-2-4-15(5-3-14)21(22,23)24/h2-7,13H,8-12,25H2,1H3. The summed E-state index contributed by atoms with van der Waals surface area (Å²) >= 11 is 0. The van der Waals surface area contributed by atoms with Crippen LogP contribution in [0.1, 0.15) is 21.5 Å². The highest BCUT2D eigenvalue weighted by atomic mass is 19.4. The van der Waals surface area contributed by atoms with Crippen molar-refractivity contribution >= 4 is 17.5 Å². The fourth-order valence-corrected chi connectivity index (χ4v) is 3.31. The Morgan fingerprint density at radius 2 is 1.60 bits per heavy atom. The van der Waals surface area contributed by atoms with Crippen LogP contribution >= 0.6 is 0 Å². The van der Waals surface area contributed by atoms with E-state index in [4.69, 9.17) is 10.5 Å². The third-order valence-electron chi connectivity index (χ3n) is 5.01. The Balaban J connectivity index is 1.57. The minimum atomic E-state index is -4.40. The molecular formula is C21H22F3N3O3. The second-order valence-corrected chi connectivity index (χ2v) is 7.00. The summed E-state index contributed by atoms with van der Waals surface area (Å²) in [5.41, 5.74) is 6.37. The molecule has 2 amide bonds. The van der Waals surface area contributed by atoms with E-state index in [1.54, 1.807) is 28.0 Å². The zero-order chi connectivity index (χ0) is 21.9. The molecule has 2 N–H and O–H groups in total. The van der Waals surface area contributed by atoms with Crippen LogP contribution in [-0.2, 0) is 17.4 Å². The van der Waals surface area contributed by atoms with E-state index in [1.165, 1.54) is 19.2 Å². The van der Waals surface area contributed by atoms with Crippen molar-refractivity contribution in [2.75, 3.05) is 39.0 Å². The van der Waals surface area contributed by atoms with Gasteiger partial charge in [-0.05, 0) is 29.8 Å². The molecular weight excluding hydrogens is 399 g/mol. The smallest absolute Gasteiger partial charge is 0.416 e. The van der Waals surface area contributed by atoms with Gasteiger partial charge in [0.2, 0.25) is 5.91 Å². The third-order valence-corrected chi connectivity index (χ3v) is 5.01. The van der Waals surface area contributed by atoms with Crippen molar-refractivity contribution in [3.8, 4) is 5.75 Å². The van der Waals surface area contributed by atoms with Crippen molar-refractivity contribution in [3.05, 3.63) is 59.2 Å². The predicted molar refractivity (Wildman–Crippen MR) is 105 cm³/mol. The molecule has 1 aliphatic rings. The highest BCUT2D eigenvalue weighted by Crippen LogP contribution is 2.29. The van der Waals surface area contributed by atoms with Gasteiger partial charge in [0.15, 0.2) is 0 Å². The van der Waals surface area contributed by atoms with Gasteiger partial charge in [0.05, 0.1) is 24.7 Å². The molecule has 0 saturated carbocycles. The molecule has 1 fully saturated rings. The lowest BCUT2D eigenvalue weighted by atomic mass is 10.1. The lowest BCUT2D eigenvalue weighted by molar-refractivity contribution is -0.137. The van der Waals surface area contributed by atoms with Crippen LogP contribution in [-0.4, -0.2) is 54.9 Å². The lowest BCUT2D eigenvalue weighted by Gasteiger charge is -2.35. The molecule has 30 heavy (non-hydrogen) atoms. The zero-order valence-electron chi connectivity index (χ0n) is 16.4. The highest BCUT2D eigenvalue weighted by Gasteiger charge is 2.30. The number of nitrogens with zero attached hydrogens (tertiary/aromatic N) is 2. The quantitative estimate of drug-likeness (QED) is 0.771. The number of halogens is 3. The predicted octanol–water partition coefficient (Wildman–Crippen LogP) is 2.82. The number of amides is 2. The van der Waals surface area contributed by atoms with E-state index in [-0.39, 0.29) is 18.2 Å². The van der Waals surface area contributed by atoms with Crippen molar-refractivity contribution in [2.24, 2.45) is 0 Å². The molecule has 160 valence electrons. The Hall–Kier alpha value is -3.23. The van der Waals surface area contributed by atoms with Crippen LogP contribution in [0, 0.1) is 0 Å². The van der Waals surface area contributed by atoms with Crippen LogP contribution in [0.4, 0.5) is 18.9 Å². The molecule has 2 aromatic carbocycles. The monoisotopic (exact) mass is 421 g/mol. The molecule has 0 aliphatic carbocycles. The van der Waals surface area contributed by atoms with Crippen LogP contribution < -0.4 is 10.5 Å². The van der Waals surface area contributed by atoms with E-state index in [2.05, 4.69) is 0 Å². The van der Waals surface area contributed by atoms with E-state index in [0.29, 0.717) is 48.7 Å². The number of carbonyl (C=O) groups excluding carboxylic acids is 2. The molecule has 1 heterocycles. The largest absolute Gasteiger partial charge is 0.496 e. The second-order valence-electron chi connectivity index (χ2n) is 7.00. The molecule has 9 heteroatoms. The first kappa shape index (κ1) is 21.5. The average molecular weight is 421 g/mol. The van der Waals surface area contributed by atoms with E-state index >= 15 is 0 Å². The number of methoxy groups -OCH3 is 1. The maximum absolute atomic E-state index is 12.8. The molecule has 1 saturated heterocycles. The van der Waals surface area contributed by atoms with Crippen LogP contribution in [0.15, 0.2) is 42.5 Å². The summed E-state index contributed by atoms with van der Waals surface area (Å²) in [6.45, 7) is 1.40. The molecule has 0 aromatic heterocycles. The summed E-state index contributed by atoms with van der Waals surface area (Å²) in [6.07, 6.45) is -4.39. The second kappa shape index (κ2) is 8.64. The topological polar surface area (TPSA) is 75.9 Å². The maximum Gasteiger partial charge on any atom is 0.416 e. The summed E-state index contributed by atoms with van der Waals surface area (Å²) < 4.78 is 43.2.